The second-order valence-corrected chi connectivity index (χ2v) is 1.23. The first kappa shape index (κ1) is 12.2. The smallest absolute Gasteiger partial charge is 0.871 e. The van der Waals surface area contributed by atoms with Gasteiger partial charge in [-0.3, -0.25) is 0 Å². The van der Waals surface area contributed by atoms with Crippen molar-refractivity contribution in [1.82, 2.24) is 0 Å². The van der Waals surface area contributed by atoms with Crippen LogP contribution in [0.3, 0.4) is 0 Å². The molecule has 0 aromatic rings. The number of hydrogen-bond acceptors (Lipinski definition) is 2. The van der Waals surface area contributed by atoms with Crippen molar-refractivity contribution in [1.29, 1.82) is 0 Å². The second kappa shape index (κ2) is 6.57. The average molecular weight is 149 g/mol. The summed E-state index contributed by atoms with van der Waals surface area (Å²) >= 11 is 0. The minimum absolute atomic E-state index is 0. The van der Waals surface area contributed by atoms with Crippen LogP contribution in [0.5, 0.6) is 0 Å². The van der Waals surface area contributed by atoms with Gasteiger partial charge in [0.15, 0.2) is 0 Å². The summed E-state index contributed by atoms with van der Waals surface area (Å²) in [6, 6.07) is 0. The zero-order chi connectivity index (χ0) is 6.57. The standard InChI is InChI=1S/C6H9NO.K/c1-3-5(7)6(8)4-2;/h3-4,8H,1-2,7H2;/q;+1/p-1/b6-5-;. The molecule has 0 aliphatic rings. The molecule has 0 amide bonds. The number of hydrogen-bond donors (Lipinski definition) is 1. The fourth-order valence-corrected chi connectivity index (χ4v) is 0.218. The van der Waals surface area contributed by atoms with Crippen LogP contribution in [0.1, 0.15) is 0 Å². The maximum absolute atomic E-state index is 10.4. The van der Waals surface area contributed by atoms with Gasteiger partial charge in [0, 0.05) is 5.70 Å². The molecule has 0 saturated heterocycles. The van der Waals surface area contributed by atoms with Gasteiger partial charge in [0.2, 0.25) is 0 Å². The molecule has 0 spiro atoms. The van der Waals surface area contributed by atoms with E-state index in [0.717, 1.165) is 6.08 Å². The molecule has 0 radical (unpaired) electrons. The van der Waals surface area contributed by atoms with Gasteiger partial charge in [-0.2, -0.15) is 0 Å². The molecule has 9 heavy (non-hydrogen) atoms. The molecule has 0 unspecified atom stereocenters. The van der Waals surface area contributed by atoms with E-state index < -0.39 is 0 Å². The average Bonchev–Trinajstić information content (AvgIpc) is 1.84. The monoisotopic (exact) mass is 149 g/mol. The molecule has 0 heterocycles. The Morgan fingerprint density at radius 2 is 1.78 bits per heavy atom. The zero-order valence-electron chi connectivity index (χ0n) is 5.55. The summed E-state index contributed by atoms with van der Waals surface area (Å²) in [5.74, 6) is -0.278. The molecular formula is C6H8KNO. The van der Waals surface area contributed by atoms with Crippen LogP contribution in [-0.2, 0) is 0 Å². The zero-order valence-corrected chi connectivity index (χ0v) is 8.68. The van der Waals surface area contributed by atoms with Crippen molar-refractivity contribution < 1.29 is 56.5 Å². The maximum Gasteiger partial charge on any atom is 1.00 e. The predicted molar refractivity (Wildman–Crippen MR) is 31.6 cm³/mol. The SMILES string of the molecule is C=C/C(N)=C(/[O-])C=C.[K+]. The van der Waals surface area contributed by atoms with Crippen LogP contribution < -0.4 is 62.2 Å². The summed E-state index contributed by atoms with van der Waals surface area (Å²) in [6.45, 7) is 6.53. The van der Waals surface area contributed by atoms with Crippen molar-refractivity contribution in [3.8, 4) is 0 Å². The van der Waals surface area contributed by atoms with E-state index in [2.05, 4.69) is 13.2 Å². The fraction of sp³-hybridized carbons (Fsp3) is 0. The molecule has 0 rings (SSSR count). The predicted octanol–water partition coefficient (Wildman–Crippen LogP) is -3.11. The van der Waals surface area contributed by atoms with Crippen LogP contribution in [0.2, 0.25) is 0 Å². The first-order valence-electron chi connectivity index (χ1n) is 2.14. The van der Waals surface area contributed by atoms with Gasteiger partial charge in [0.05, 0.1) is 0 Å². The summed E-state index contributed by atoms with van der Waals surface area (Å²) in [7, 11) is 0. The van der Waals surface area contributed by atoms with Crippen LogP contribution in [0.15, 0.2) is 36.8 Å². The van der Waals surface area contributed by atoms with Crippen LogP contribution in [0, 0.1) is 0 Å². The Kier molecular flexibility index (Phi) is 8.89. The molecule has 0 aromatic heterocycles. The molecule has 0 aromatic carbocycles. The van der Waals surface area contributed by atoms with Crippen LogP contribution in [0.25, 0.3) is 0 Å². The van der Waals surface area contributed by atoms with E-state index in [1.807, 2.05) is 0 Å². The normalized spacial score (nSPS) is 10.7. The van der Waals surface area contributed by atoms with E-state index in [1.165, 1.54) is 6.08 Å². The topological polar surface area (TPSA) is 49.1 Å². The van der Waals surface area contributed by atoms with Crippen LogP contribution in [0.4, 0.5) is 0 Å². The van der Waals surface area contributed by atoms with Gasteiger partial charge in [-0.15, -0.1) is 0 Å². The molecule has 2 nitrogen and oxygen atoms in total. The first-order chi connectivity index (χ1) is 3.72. The third kappa shape index (κ3) is 4.93. The molecule has 2 N–H and O–H groups in total. The first-order valence-corrected chi connectivity index (χ1v) is 2.14. The molecule has 0 aliphatic carbocycles. The van der Waals surface area contributed by atoms with Crippen molar-refractivity contribution in [3.05, 3.63) is 36.8 Å². The third-order valence-corrected chi connectivity index (χ3v) is 0.690. The van der Waals surface area contributed by atoms with Crippen molar-refractivity contribution in [2.24, 2.45) is 5.73 Å². The second-order valence-electron chi connectivity index (χ2n) is 1.23. The van der Waals surface area contributed by atoms with E-state index in [-0.39, 0.29) is 62.8 Å². The van der Waals surface area contributed by atoms with E-state index in [0.29, 0.717) is 0 Å². The van der Waals surface area contributed by atoms with Crippen molar-refractivity contribution in [2.45, 2.75) is 0 Å². The molecule has 0 saturated carbocycles. The Hall–Kier alpha value is 0.456. The van der Waals surface area contributed by atoms with E-state index in [9.17, 15) is 5.11 Å². The van der Waals surface area contributed by atoms with Crippen LogP contribution in [-0.4, -0.2) is 0 Å². The molecule has 0 atom stereocenters. The van der Waals surface area contributed by atoms with Crippen LogP contribution >= 0.6 is 0 Å². The summed E-state index contributed by atoms with van der Waals surface area (Å²) in [4.78, 5) is 0. The van der Waals surface area contributed by atoms with Gasteiger partial charge in [-0.1, -0.05) is 25.0 Å². The number of nitrogens with two attached hydrogens (primary N) is 1. The quantitative estimate of drug-likeness (QED) is 0.257. The van der Waals surface area contributed by atoms with E-state index >= 15 is 0 Å². The van der Waals surface area contributed by atoms with Gasteiger partial charge in [0.1, 0.15) is 0 Å². The number of allylic oxidation sites excluding steroid dienone is 2. The fourth-order valence-electron chi connectivity index (χ4n) is 0.218. The summed E-state index contributed by atoms with van der Waals surface area (Å²) in [5, 5.41) is 10.4. The summed E-state index contributed by atoms with van der Waals surface area (Å²) < 4.78 is 0. The van der Waals surface area contributed by atoms with Gasteiger partial charge in [-0.05, 0) is 6.08 Å². The molecular weight excluding hydrogens is 141 g/mol. The minimum Gasteiger partial charge on any atom is -0.871 e. The summed E-state index contributed by atoms with van der Waals surface area (Å²) in [5.41, 5.74) is 5.24. The third-order valence-electron chi connectivity index (χ3n) is 0.690. The number of rotatable bonds is 2. The van der Waals surface area contributed by atoms with Gasteiger partial charge in [0.25, 0.3) is 0 Å². The van der Waals surface area contributed by atoms with Gasteiger partial charge >= 0.3 is 51.4 Å². The molecule has 0 aliphatic heterocycles. The molecule has 3 heteroatoms. The van der Waals surface area contributed by atoms with Crippen molar-refractivity contribution in [3.63, 3.8) is 0 Å². The Morgan fingerprint density at radius 3 is 1.89 bits per heavy atom. The summed E-state index contributed by atoms with van der Waals surface area (Å²) in [6.07, 6.45) is 2.45. The van der Waals surface area contributed by atoms with Crippen molar-refractivity contribution in [2.75, 3.05) is 0 Å². The molecule has 0 fully saturated rings. The van der Waals surface area contributed by atoms with Gasteiger partial charge < -0.3 is 10.8 Å². The Labute approximate surface area is 97.6 Å². The van der Waals surface area contributed by atoms with E-state index in [4.69, 9.17) is 5.73 Å². The maximum atomic E-state index is 10.4. The minimum atomic E-state index is -0.278. The Balaban J connectivity index is 0. The largest absolute Gasteiger partial charge is 1.00 e. The van der Waals surface area contributed by atoms with Gasteiger partial charge in [-0.25, -0.2) is 0 Å². The molecule has 0 bridgehead atoms. The molecule has 44 valence electrons. The Morgan fingerprint density at radius 1 is 1.33 bits per heavy atom. The Bertz CT molecular complexity index is 124. The van der Waals surface area contributed by atoms with Crippen molar-refractivity contribution >= 4 is 0 Å². The van der Waals surface area contributed by atoms with E-state index in [1.54, 1.807) is 0 Å².